The number of anilines is 1. The van der Waals surface area contributed by atoms with Gasteiger partial charge < -0.3 is 5.32 Å². The Kier molecular flexibility index (Phi) is 3.99. The average molecular weight is 326 g/mol. The van der Waals surface area contributed by atoms with Crippen molar-refractivity contribution < 1.29 is 4.79 Å². The molecule has 0 unspecified atom stereocenters. The van der Waals surface area contributed by atoms with Crippen LogP contribution in [0, 0.1) is 6.92 Å². The maximum atomic E-state index is 12.0. The van der Waals surface area contributed by atoms with E-state index in [4.69, 9.17) is 11.6 Å². The number of carbonyl (C=O) groups excluding carboxylic acids is 1. The molecule has 92 valence electrons. The van der Waals surface area contributed by atoms with Gasteiger partial charge in [0.1, 0.15) is 10.3 Å². The fraction of sp³-hybridized carbons (Fsp3) is 0.0769. The summed E-state index contributed by atoms with van der Waals surface area (Å²) in [6.45, 7) is 1.85. The number of amides is 1. The summed E-state index contributed by atoms with van der Waals surface area (Å²) in [6, 6.07) is 10.6. The van der Waals surface area contributed by atoms with Gasteiger partial charge in [-0.2, -0.15) is 0 Å². The number of rotatable bonds is 2. The molecule has 0 spiro atoms. The SMILES string of the molecule is Cc1c(Cl)cccc1NC(=O)c1cccc(Br)n1. The number of nitrogens with zero attached hydrogens (tertiary/aromatic N) is 1. The summed E-state index contributed by atoms with van der Waals surface area (Å²) in [4.78, 5) is 16.1. The molecule has 2 aromatic rings. The van der Waals surface area contributed by atoms with Crippen LogP contribution in [0.3, 0.4) is 0 Å². The van der Waals surface area contributed by atoms with Crippen LogP contribution in [-0.2, 0) is 0 Å². The van der Waals surface area contributed by atoms with Crippen molar-refractivity contribution in [3.8, 4) is 0 Å². The van der Waals surface area contributed by atoms with Crippen molar-refractivity contribution in [3.63, 3.8) is 0 Å². The van der Waals surface area contributed by atoms with Gasteiger partial charge in [0.2, 0.25) is 0 Å². The topological polar surface area (TPSA) is 42.0 Å². The summed E-state index contributed by atoms with van der Waals surface area (Å²) in [7, 11) is 0. The fourth-order valence-electron chi connectivity index (χ4n) is 1.46. The number of carbonyl (C=O) groups is 1. The highest BCUT2D eigenvalue weighted by atomic mass is 79.9. The predicted octanol–water partition coefficient (Wildman–Crippen LogP) is 4.06. The highest BCUT2D eigenvalue weighted by Gasteiger charge is 2.10. The highest BCUT2D eigenvalue weighted by molar-refractivity contribution is 9.10. The number of aromatic nitrogens is 1. The summed E-state index contributed by atoms with van der Waals surface area (Å²) in [5, 5.41) is 3.41. The van der Waals surface area contributed by atoms with Crippen LogP contribution >= 0.6 is 27.5 Å². The quantitative estimate of drug-likeness (QED) is 0.846. The molecule has 1 N–H and O–H groups in total. The Balaban J connectivity index is 2.24. The zero-order valence-corrected chi connectivity index (χ0v) is 11.9. The number of hydrogen-bond donors (Lipinski definition) is 1. The Labute approximate surface area is 118 Å². The molecule has 3 nitrogen and oxygen atoms in total. The number of halogens is 2. The van der Waals surface area contributed by atoms with E-state index in [1.54, 1.807) is 36.4 Å². The average Bonchev–Trinajstić information content (AvgIpc) is 2.35. The van der Waals surface area contributed by atoms with Gasteiger partial charge in [0.15, 0.2) is 0 Å². The fourth-order valence-corrected chi connectivity index (χ4v) is 1.98. The molecule has 0 aliphatic rings. The van der Waals surface area contributed by atoms with Crippen molar-refractivity contribution in [1.29, 1.82) is 0 Å². The minimum absolute atomic E-state index is 0.262. The summed E-state index contributed by atoms with van der Waals surface area (Å²) < 4.78 is 0.623. The van der Waals surface area contributed by atoms with Gasteiger partial charge in [-0.05, 0) is 52.7 Å². The third-order valence-electron chi connectivity index (χ3n) is 2.46. The number of pyridine rings is 1. The first-order chi connectivity index (χ1) is 8.58. The van der Waals surface area contributed by atoms with Crippen LogP contribution in [0.2, 0.25) is 5.02 Å². The van der Waals surface area contributed by atoms with E-state index in [-0.39, 0.29) is 5.91 Å². The standard InChI is InChI=1S/C13H10BrClN2O/c1-8-9(15)4-2-5-10(8)17-13(18)11-6-3-7-12(14)16-11/h2-7H,1H3,(H,17,18). The van der Waals surface area contributed by atoms with Gasteiger partial charge in [0.25, 0.3) is 5.91 Å². The van der Waals surface area contributed by atoms with E-state index >= 15 is 0 Å². The normalized spacial score (nSPS) is 10.2. The van der Waals surface area contributed by atoms with Gasteiger partial charge in [-0.1, -0.05) is 23.7 Å². The van der Waals surface area contributed by atoms with Crippen molar-refractivity contribution in [1.82, 2.24) is 4.98 Å². The minimum Gasteiger partial charge on any atom is -0.320 e. The zero-order valence-electron chi connectivity index (χ0n) is 9.58. The Morgan fingerprint density at radius 1 is 1.28 bits per heavy atom. The minimum atomic E-state index is -0.262. The van der Waals surface area contributed by atoms with E-state index < -0.39 is 0 Å². The molecule has 2 rings (SSSR count). The second-order valence-electron chi connectivity index (χ2n) is 3.71. The van der Waals surface area contributed by atoms with Gasteiger partial charge in [0.05, 0.1) is 0 Å². The van der Waals surface area contributed by atoms with Crippen LogP contribution in [0.1, 0.15) is 16.1 Å². The Morgan fingerprint density at radius 2 is 2.00 bits per heavy atom. The molecule has 0 fully saturated rings. The Bertz CT molecular complexity index is 601. The third kappa shape index (κ3) is 2.89. The summed E-state index contributed by atoms with van der Waals surface area (Å²) in [6.07, 6.45) is 0. The number of nitrogens with one attached hydrogen (secondary N) is 1. The lowest BCUT2D eigenvalue weighted by atomic mass is 10.2. The van der Waals surface area contributed by atoms with Gasteiger partial charge in [0, 0.05) is 10.7 Å². The molecule has 0 atom stereocenters. The van der Waals surface area contributed by atoms with Gasteiger partial charge in [-0.25, -0.2) is 4.98 Å². The maximum absolute atomic E-state index is 12.0. The monoisotopic (exact) mass is 324 g/mol. The molecule has 0 aliphatic carbocycles. The molecule has 0 radical (unpaired) electrons. The molecule has 1 aromatic carbocycles. The second-order valence-corrected chi connectivity index (χ2v) is 4.93. The second kappa shape index (κ2) is 5.50. The van der Waals surface area contributed by atoms with Crippen LogP contribution in [0.5, 0.6) is 0 Å². The first kappa shape index (κ1) is 13.1. The molecule has 0 saturated heterocycles. The molecule has 1 amide bonds. The molecule has 0 bridgehead atoms. The lowest BCUT2D eigenvalue weighted by Gasteiger charge is -2.09. The molecule has 1 heterocycles. The highest BCUT2D eigenvalue weighted by Crippen LogP contribution is 2.23. The van der Waals surface area contributed by atoms with E-state index in [1.807, 2.05) is 6.92 Å². The van der Waals surface area contributed by atoms with Crippen molar-refractivity contribution in [2.24, 2.45) is 0 Å². The van der Waals surface area contributed by atoms with E-state index in [9.17, 15) is 4.79 Å². The molecule has 5 heteroatoms. The van der Waals surface area contributed by atoms with Crippen molar-refractivity contribution >= 4 is 39.1 Å². The van der Waals surface area contributed by atoms with E-state index in [0.29, 0.717) is 21.0 Å². The van der Waals surface area contributed by atoms with Gasteiger partial charge in [-0.3, -0.25) is 4.79 Å². The maximum Gasteiger partial charge on any atom is 0.274 e. The van der Waals surface area contributed by atoms with Crippen molar-refractivity contribution in [3.05, 3.63) is 57.3 Å². The zero-order chi connectivity index (χ0) is 13.1. The van der Waals surface area contributed by atoms with Crippen molar-refractivity contribution in [2.75, 3.05) is 5.32 Å². The molecule has 0 saturated carbocycles. The third-order valence-corrected chi connectivity index (χ3v) is 3.31. The Morgan fingerprint density at radius 3 is 2.72 bits per heavy atom. The first-order valence-corrected chi connectivity index (χ1v) is 6.44. The Hall–Kier alpha value is -1.39. The molecule has 1 aromatic heterocycles. The van der Waals surface area contributed by atoms with Crippen LogP contribution in [0.4, 0.5) is 5.69 Å². The van der Waals surface area contributed by atoms with Crippen molar-refractivity contribution in [2.45, 2.75) is 6.92 Å². The molecule has 18 heavy (non-hydrogen) atoms. The van der Waals surface area contributed by atoms with Gasteiger partial charge in [-0.15, -0.1) is 0 Å². The largest absolute Gasteiger partial charge is 0.320 e. The van der Waals surface area contributed by atoms with Gasteiger partial charge >= 0.3 is 0 Å². The lowest BCUT2D eigenvalue weighted by molar-refractivity contribution is 0.102. The molecular formula is C13H10BrClN2O. The van der Waals surface area contributed by atoms with Crippen LogP contribution in [0.25, 0.3) is 0 Å². The van der Waals surface area contributed by atoms with E-state index in [1.165, 1.54) is 0 Å². The number of hydrogen-bond acceptors (Lipinski definition) is 2. The van der Waals surface area contributed by atoms with Crippen LogP contribution in [0.15, 0.2) is 41.0 Å². The summed E-state index contributed by atoms with van der Waals surface area (Å²) >= 11 is 9.22. The van der Waals surface area contributed by atoms with Crippen LogP contribution < -0.4 is 5.32 Å². The predicted molar refractivity (Wildman–Crippen MR) is 76.1 cm³/mol. The molecular weight excluding hydrogens is 316 g/mol. The molecule has 0 aliphatic heterocycles. The van der Waals surface area contributed by atoms with E-state index in [0.717, 1.165) is 5.56 Å². The lowest BCUT2D eigenvalue weighted by Crippen LogP contribution is -2.14. The first-order valence-electron chi connectivity index (χ1n) is 5.27. The number of benzene rings is 1. The smallest absolute Gasteiger partial charge is 0.274 e. The van der Waals surface area contributed by atoms with Crippen LogP contribution in [-0.4, -0.2) is 10.9 Å². The van der Waals surface area contributed by atoms with E-state index in [2.05, 4.69) is 26.2 Å². The summed E-state index contributed by atoms with van der Waals surface area (Å²) in [5.74, 6) is -0.262. The summed E-state index contributed by atoms with van der Waals surface area (Å²) in [5.41, 5.74) is 1.88.